The highest BCUT2D eigenvalue weighted by Gasteiger charge is 2.14. The zero-order chi connectivity index (χ0) is 15.2. The van der Waals surface area contributed by atoms with Gasteiger partial charge in [0.1, 0.15) is 0 Å². The first kappa shape index (κ1) is 14.8. The molecule has 5 nitrogen and oxygen atoms in total. The van der Waals surface area contributed by atoms with E-state index >= 15 is 0 Å². The van der Waals surface area contributed by atoms with Crippen molar-refractivity contribution < 1.29 is 4.79 Å². The van der Waals surface area contributed by atoms with Gasteiger partial charge in [0.05, 0.1) is 5.69 Å². The molecular weight excluding hydrogens is 264 g/mol. The van der Waals surface area contributed by atoms with Crippen LogP contribution in [0.15, 0.2) is 49.2 Å². The van der Waals surface area contributed by atoms with Gasteiger partial charge >= 0.3 is 0 Å². The van der Waals surface area contributed by atoms with Gasteiger partial charge in [0.2, 0.25) is 0 Å². The van der Waals surface area contributed by atoms with Crippen LogP contribution in [0.25, 0.3) is 5.69 Å². The highest BCUT2D eigenvalue weighted by atomic mass is 16.2. The van der Waals surface area contributed by atoms with E-state index in [-0.39, 0.29) is 5.91 Å². The summed E-state index contributed by atoms with van der Waals surface area (Å²) in [6.45, 7) is 4.37. The number of carbonyl (C=O) groups is 1. The van der Waals surface area contributed by atoms with Crippen molar-refractivity contribution in [2.24, 2.45) is 0 Å². The van der Waals surface area contributed by atoms with E-state index in [1.54, 1.807) is 28.9 Å². The molecule has 0 saturated heterocycles. The molecule has 0 atom stereocenters. The second-order valence-electron chi connectivity index (χ2n) is 4.90. The first-order chi connectivity index (χ1) is 10.1. The molecule has 0 saturated carbocycles. The number of anilines is 1. The van der Waals surface area contributed by atoms with Gasteiger partial charge in [0.15, 0.2) is 5.69 Å². The molecule has 0 aliphatic rings. The predicted octanol–water partition coefficient (Wildman–Crippen LogP) is 2.49. The third-order valence-corrected chi connectivity index (χ3v) is 3.19. The summed E-state index contributed by atoms with van der Waals surface area (Å²) in [5.41, 5.74) is 7.68. The Morgan fingerprint density at radius 2 is 2.29 bits per heavy atom. The van der Waals surface area contributed by atoms with Gasteiger partial charge in [-0.3, -0.25) is 4.79 Å². The summed E-state index contributed by atoms with van der Waals surface area (Å²) in [4.78, 5) is 13.9. The van der Waals surface area contributed by atoms with Gasteiger partial charge in [-0.15, -0.1) is 6.58 Å². The van der Waals surface area contributed by atoms with Gasteiger partial charge in [-0.1, -0.05) is 12.1 Å². The highest BCUT2D eigenvalue weighted by molar-refractivity contribution is 5.92. The SMILES string of the molecule is C=CCCCN(C)C(=O)c1ccn(-c2cccc(N)c2)n1. The third kappa shape index (κ3) is 3.72. The number of nitrogens with zero attached hydrogens (tertiary/aromatic N) is 3. The molecular formula is C16H20N4O. The van der Waals surface area contributed by atoms with Gasteiger partial charge in [-0.05, 0) is 37.1 Å². The lowest BCUT2D eigenvalue weighted by Crippen LogP contribution is -2.28. The van der Waals surface area contributed by atoms with Crippen molar-refractivity contribution in [3.05, 3.63) is 54.9 Å². The predicted molar refractivity (Wildman–Crippen MR) is 84.4 cm³/mol. The summed E-state index contributed by atoms with van der Waals surface area (Å²) >= 11 is 0. The summed E-state index contributed by atoms with van der Waals surface area (Å²) in [5.74, 6) is -0.0817. The number of nitrogen functional groups attached to an aromatic ring is 1. The van der Waals surface area contributed by atoms with Gasteiger partial charge < -0.3 is 10.6 Å². The van der Waals surface area contributed by atoms with Crippen LogP contribution in [-0.4, -0.2) is 34.2 Å². The second-order valence-corrected chi connectivity index (χ2v) is 4.90. The number of unbranched alkanes of at least 4 members (excludes halogenated alkanes) is 1. The molecule has 110 valence electrons. The summed E-state index contributed by atoms with van der Waals surface area (Å²) in [6, 6.07) is 9.09. The minimum absolute atomic E-state index is 0.0817. The van der Waals surface area contributed by atoms with Gasteiger partial charge in [0, 0.05) is 25.5 Å². The maximum absolute atomic E-state index is 12.3. The van der Waals surface area contributed by atoms with Crippen LogP contribution in [0.3, 0.4) is 0 Å². The van der Waals surface area contributed by atoms with Crippen LogP contribution in [0, 0.1) is 0 Å². The van der Waals surface area contributed by atoms with Crippen molar-refractivity contribution in [2.45, 2.75) is 12.8 Å². The maximum Gasteiger partial charge on any atom is 0.274 e. The molecule has 1 aromatic heterocycles. The van der Waals surface area contributed by atoms with Crippen LogP contribution in [0.2, 0.25) is 0 Å². The quantitative estimate of drug-likeness (QED) is 0.503. The molecule has 1 aromatic carbocycles. The van der Waals surface area contributed by atoms with Crippen molar-refractivity contribution in [1.82, 2.24) is 14.7 Å². The standard InChI is InChI=1S/C16H20N4O/c1-3-4-5-10-19(2)16(21)15-9-11-20(18-15)14-8-6-7-13(17)12-14/h3,6-9,11-12H,1,4-5,10,17H2,2H3. The molecule has 21 heavy (non-hydrogen) atoms. The number of aromatic nitrogens is 2. The van der Waals surface area contributed by atoms with Crippen molar-refractivity contribution in [1.29, 1.82) is 0 Å². The largest absolute Gasteiger partial charge is 0.399 e. The fourth-order valence-electron chi connectivity index (χ4n) is 2.02. The molecule has 5 heteroatoms. The van der Waals surface area contributed by atoms with Gasteiger partial charge in [-0.2, -0.15) is 5.10 Å². The number of amides is 1. The van der Waals surface area contributed by atoms with Crippen molar-refractivity contribution in [3.8, 4) is 5.69 Å². The van der Waals surface area contributed by atoms with Crippen LogP contribution >= 0.6 is 0 Å². The van der Waals surface area contributed by atoms with Gasteiger partial charge in [-0.25, -0.2) is 4.68 Å². The molecule has 0 spiro atoms. The van der Waals surface area contributed by atoms with Crippen molar-refractivity contribution in [2.75, 3.05) is 19.3 Å². The third-order valence-electron chi connectivity index (χ3n) is 3.19. The topological polar surface area (TPSA) is 64.2 Å². The van der Waals surface area contributed by atoms with E-state index in [4.69, 9.17) is 5.73 Å². The van der Waals surface area contributed by atoms with Crippen molar-refractivity contribution in [3.63, 3.8) is 0 Å². The molecule has 2 aromatic rings. The van der Waals surface area contributed by atoms with Crippen LogP contribution < -0.4 is 5.73 Å². The number of rotatable bonds is 6. The van der Waals surface area contributed by atoms with Crippen LogP contribution in [0.5, 0.6) is 0 Å². The molecule has 0 fully saturated rings. The number of nitrogens with two attached hydrogens (primary N) is 1. The average molecular weight is 284 g/mol. The van der Waals surface area contributed by atoms with Crippen molar-refractivity contribution >= 4 is 11.6 Å². The van der Waals surface area contributed by atoms with E-state index < -0.39 is 0 Å². The zero-order valence-electron chi connectivity index (χ0n) is 12.2. The van der Waals surface area contributed by atoms with Crippen LogP contribution in [-0.2, 0) is 0 Å². The van der Waals surface area contributed by atoms with E-state index in [1.807, 2.05) is 30.3 Å². The fraction of sp³-hybridized carbons (Fsp3) is 0.250. The Morgan fingerprint density at radius 1 is 1.48 bits per heavy atom. The second kappa shape index (κ2) is 6.74. The molecule has 0 aliphatic heterocycles. The number of hydrogen-bond donors (Lipinski definition) is 1. The highest BCUT2D eigenvalue weighted by Crippen LogP contribution is 2.12. The number of benzene rings is 1. The molecule has 2 N–H and O–H groups in total. The summed E-state index contributed by atoms with van der Waals surface area (Å²) in [7, 11) is 1.78. The van der Waals surface area contributed by atoms with E-state index in [1.165, 1.54) is 0 Å². The number of hydrogen-bond acceptors (Lipinski definition) is 3. The Hall–Kier alpha value is -2.56. The first-order valence-corrected chi connectivity index (χ1v) is 6.90. The number of carbonyl (C=O) groups excluding carboxylic acids is 1. The number of allylic oxidation sites excluding steroid dienone is 1. The Morgan fingerprint density at radius 3 is 3.00 bits per heavy atom. The van der Waals surface area contributed by atoms with Crippen LogP contribution in [0.4, 0.5) is 5.69 Å². The Balaban J connectivity index is 2.08. The fourth-order valence-corrected chi connectivity index (χ4v) is 2.02. The normalized spacial score (nSPS) is 10.3. The molecule has 2 rings (SSSR count). The smallest absolute Gasteiger partial charge is 0.274 e. The van der Waals surface area contributed by atoms with E-state index in [9.17, 15) is 4.79 Å². The lowest BCUT2D eigenvalue weighted by atomic mass is 10.3. The maximum atomic E-state index is 12.3. The van der Waals surface area contributed by atoms with E-state index in [0.29, 0.717) is 17.9 Å². The molecule has 0 aliphatic carbocycles. The van der Waals surface area contributed by atoms with Crippen LogP contribution in [0.1, 0.15) is 23.3 Å². The van der Waals surface area contributed by atoms with E-state index in [2.05, 4.69) is 11.7 Å². The molecule has 0 radical (unpaired) electrons. The van der Waals surface area contributed by atoms with Gasteiger partial charge in [0.25, 0.3) is 5.91 Å². The summed E-state index contributed by atoms with van der Waals surface area (Å²) in [5, 5.41) is 4.32. The summed E-state index contributed by atoms with van der Waals surface area (Å²) in [6.07, 6.45) is 5.42. The molecule has 0 bridgehead atoms. The zero-order valence-corrected chi connectivity index (χ0v) is 12.2. The Kier molecular flexibility index (Phi) is 4.77. The summed E-state index contributed by atoms with van der Waals surface area (Å²) < 4.78 is 1.65. The lowest BCUT2D eigenvalue weighted by molar-refractivity contribution is 0.0787. The molecule has 1 heterocycles. The van der Waals surface area contributed by atoms with E-state index in [0.717, 1.165) is 18.5 Å². The Labute approximate surface area is 124 Å². The first-order valence-electron chi connectivity index (χ1n) is 6.90. The minimum atomic E-state index is -0.0817. The lowest BCUT2D eigenvalue weighted by Gasteiger charge is -2.15. The molecule has 1 amide bonds. The Bertz CT molecular complexity index is 633. The minimum Gasteiger partial charge on any atom is -0.399 e. The monoisotopic (exact) mass is 284 g/mol. The average Bonchev–Trinajstić information content (AvgIpc) is 2.96. The molecule has 0 unspecified atom stereocenters.